The van der Waals surface area contributed by atoms with Crippen LogP contribution in [-0.4, -0.2) is 38.7 Å². The lowest BCUT2D eigenvalue weighted by atomic mass is 9.97. The first-order valence-corrected chi connectivity index (χ1v) is 7.28. The molecule has 0 spiro atoms. The van der Waals surface area contributed by atoms with Gasteiger partial charge in [0.05, 0.1) is 4.99 Å². The van der Waals surface area contributed by atoms with E-state index in [2.05, 4.69) is 5.10 Å². The summed E-state index contributed by atoms with van der Waals surface area (Å²) >= 11 is 4.93. The van der Waals surface area contributed by atoms with Gasteiger partial charge >= 0.3 is 7.60 Å². The molecule has 1 amide bonds. The zero-order chi connectivity index (χ0) is 16.5. The van der Waals surface area contributed by atoms with Crippen molar-refractivity contribution in [3.8, 4) is 0 Å². The highest BCUT2D eigenvalue weighted by Crippen LogP contribution is 2.28. The smallest absolute Gasteiger partial charge is 1.00 e. The maximum Gasteiger partial charge on any atom is 1.00 e. The van der Waals surface area contributed by atoms with Crippen molar-refractivity contribution in [3.05, 3.63) is 17.5 Å². The standard InChI is InChI=1S/C13H17F3N4OS.S/c1-8-6-10(13(14,15)16)18-20(8)7-11(21)19-4-2-9(3-5-19)12(17)22;/h6,9H,2-5,7H2,1H3,(H2,17,22);/q;-2/p+1. The number of aromatic nitrogens is 2. The average molecular weight is 367 g/mol. The average Bonchev–Trinajstić information content (AvgIpc) is 2.80. The minimum atomic E-state index is -4.51. The zero-order valence-corrected chi connectivity index (χ0v) is 14.1. The zero-order valence-electron chi connectivity index (χ0n) is 13.5. The molecule has 23 heavy (non-hydrogen) atoms. The SMILES string of the molecule is Cc1cc(C(F)(F)F)nn1CC(=O)N1CCC(C(N)=S)CC1.[H+].[S-2]. The van der Waals surface area contributed by atoms with E-state index in [4.69, 9.17) is 18.0 Å². The van der Waals surface area contributed by atoms with Crippen molar-refractivity contribution in [2.24, 2.45) is 11.7 Å². The van der Waals surface area contributed by atoms with Crippen LogP contribution in [0.25, 0.3) is 0 Å². The van der Waals surface area contributed by atoms with Crippen LogP contribution in [0.4, 0.5) is 13.2 Å². The van der Waals surface area contributed by atoms with E-state index in [9.17, 15) is 18.0 Å². The number of carbonyl (C=O) groups excluding carboxylic acids is 1. The summed E-state index contributed by atoms with van der Waals surface area (Å²) in [6.07, 6.45) is -3.13. The fraction of sp³-hybridized carbons (Fsp3) is 0.615. The van der Waals surface area contributed by atoms with Gasteiger partial charge in [-0.2, -0.15) is 18.3 Å². The molecule has 130 valence electrons. The molecule has 0 atom stereocenters. The fourth-order valence-electron chi connectivity index (χ4n) is 2.45. The van der Waals surface area contributed by atoms with E-state index in [1.165, 1.54) is 6.92 Å². The Hall–Kier alpha value is -1.29. The Balaban J connectivity index is 0.00000264. The van der Waals surface area contributed by atoms with Crippen LogP contribution in [0.5, 0.6) is 0 Å². The first-order chi connectivity index (χ1) is 10.2. The van der Waals surface area contributed by atoms with Crippen LogP contribution in [0.3, 0.4) is 0 Å². The first kappa shape index (κ1) is 19.8. The Kier molecular flexibility index (Phi) is 6.46. The number of likely N-dealkylation sites (tertiary alicyclic amines) is 1. The van der Waals surface area contributed by atoms with Gasteiger partial charge in [0.25, 0.3) is 0 Å². The molecule has 2 rings (SSSR count). The van der Waals surface area contributed by atoms with Crippen LogP contribution in [0.2, 0.25) is 0 Å². The number of nitrogens with zero attached hydrogens (tertiary/aromatic N) is 3. The number of aryl methyl sites for hydroxylation is 1. The molecule has 0 radical (unpaired) electrons. The molecule has 0 unspecified atom stereocenters. The van der Waals surface area contributed by atoms with E-state index < -0.39 is 11.9 Å². The lowest BCUT2D eigenvalue weighted by Gasteiger charge is -2.31. The molecule has 10 heteroatoms. The summed E-state index contributed by atoms with van der Waals surface area (Å²) in [6, 6.07) is 0.937. The van der Waals surface area contributed by atoms with E-state index in [1.807, 2.05) is 0 Å². The van der Waals surface area contributed by atoms with Crippen molar-refractivity contribution in [2.45, 2.75) is 32.5 Å². The molecule has 1 aliphatic heterocycles. The lowest BCUT2D eigenvalue weighted by Crippen LogP contribution is -2.42. The Labute approximate surface area is 145 Å². The molecular weight excluding hydrogens is 349 g/mol. The normalized spacial score (nSPS) is 16.1. The number of nitrogens with two attached hydrogens (primary N) is 1. The third-order valence-corrected chi connectivity index (χ3v) is 4.14. The third-order valence-electron chi connectivity index (χ3n) is 3.81. The predicted octanol–water partition coefficient (Wildman–Crippen LogP) is 1.85. The van der Waals surface area contributed by atoms with Gasteiger partial charge in [0.15, 0.2) is 5.69 Å². The molecular formula is C13H18F3N4OS2-. The Morgan fingerprint density at radius 2 is 2.04 bits per heavy atom. The fourth-order valence-corrected chi connectivity index (χ4v) is 2.69. The molecule has 0 aliphatic carbocycles. The van der Waals surface area contributed by atoms with Crippen molar-refractivity contribution < 1.29 is 19.4 Å². The minimum absolute atomic E-state index is 0. The third kappa shape index (κ3) is 4.84. The Morgan fingerprint density at radius 3 is 2.48 bits per heavy atom. The maximum atomic E-state index is 12.6. The Bertz CT molecular complexity index is 586. The number of halogens is 3. The largest absolute Gasteiger partial charge is 2.00 e. The Morgan fingerprint density at radius 1 is 1.48 bits per heavy atom. The van der Waals surface area contributed by atoms with Gasteiger partial charge in [0.2, 0.25) is 5.91 Å². The van der Waals surface area contributed by atoms with E-state index in [1.54, 1.807) is 4.90 Å². The topological polar surface area (TPSA) is 64.2 Å². The molecule has 0 aromatic carbocycles. The van der Waals surface area contributed by atoms with Gasteiger partial charge < -0.3 is 24.1 Å². The predicted molar refractivity (Wildman–Crippen MR) is 86.5 cm³/mol. The summed E-state index contributed by atoms with van der Waals surface area (Å²) in [4.78, 5) is 14.2. The first-order valence-electron chi connectivity index (χ1n) is 6.87. The summed E-state index contributed by atoms with van der Waals surface area (Å²) in [5, 5.41) is 3.46. The minimum Gasteiger partial charge on any atom is -2.00 e. The molecule has 0 saturated carbocycles. The van der Waals surface area contributed by atoms with Gasteiger partial charge in [-0.25, -0.2) is 0 Å². The molecule has 0 bridgehead atoms. The molecule has 2 heterocycles. The van der Waals surface area contributed by atoms with Crippen LogP contribution in [0.1, 0.15) is 25.7 Å². The van der Waals surface area contributed by atoms with Gasteiger partial charge in [-0.1, -0.05) is 12.2 Å². The molecule has 1 aromatic heterocycles. The van der Waals surface area contributed by atoms with E-state index in [0.717, 1.165) is 10.7 Å². The second-order valence-electron chi connectivity index (χ2n) is 5.38. The number of hydrogen-bond acceptors (Lipinski definition) is 3. The summed E-state index contributed by atoms with van der Waals surface area (Å²) in [6.45, 7) is 2.31. The summed E-state index contributed by atoms with van der Waals surface area (Å²) in [7, 11) is 0. The number of hydrogen-bond donors (Lipinski definition) is 1. The van der Waals surface area contributed by atoms with Crippen molar-refractivity contribution in [1.82, 2.24) is 14.7 Å². The van der Waals surface area contributed by atoms with Crippen LogP contribution >= 0.6 is 12.2 Å². The van der Waals surface area contributed by atoms with Crippen molar-refractivity contribution in [1.29, 1.82) is 0 Å². The van der Waals surface area contributed by atoms with Crippen LogP contribution in [0, 0.1) is 12.8 Å². The van der Waals surface area contributed by atoms with Crippen molar-refractivity contribution >= 4 is 36.6 Å². The maximum absolute atomic E-state index is 12.6. The molecule has 2 N–H and O–H groups in total. The van der Waals surface area contributed by atoms with Crippen molar-refractivity contribution in [2.75, 3.05) is 13.1 Å². The van der Waals surface area contributed by atoms with E-state index in [-0.39, 0.29) is 33.3 Å². The second kappa shape index (κ2) is 7.52. The highest BCUT2D eigenvalue weighted by Gasteiger charge is 2.34. The highest BCUT2D eigenvalue weighted by atomic mass is 32.1. The molecule has 1 aliphatic rings. The van der Waals surface area contributed by atoms with Gasteiger partial charge in [-0.15, -0.1) is 0 Å². The van der Waals surface area contributed by atoms with Gasteiger partial charge in [0, 0.05) is 24.7 Å². The monoisotopic (exact) mass is 367 g/mol. The number of thiocarbonyl (C=S) groups is 1. The van der Waals surface area contributed by atoms with Gasteiger partial charge in [-0.3, -0.25) is 9.48 Å². The molecule has 1 aromatic rings. The quantitative estimate of drug-likeness (QED) is 0.828. The van der Waals surface area contributed by atoms with E-state index >= 15 is 0 Å². The number of amides is 1. The number of rotatable bonds is 3. The highest BCUT2D eigenvalue weighted by molar-refractivity contribution is 7.80. The lowest BCUT2D eigenvalue weighted by molar-refractivity contribution is -0.142. The summed E-state index contributed by atoms with van der Waals surface area (Å²) < 4.78 is 38.9. The van der Waals surface area contributed by atoms with Crippen LogP contribution < -0.4 is 5.73 Å². The summed E-state index contributed by atoms with van der Waals surface area (Å²) in [5.41, 5.74) is 4.91. The number of carbonyl (C=O) groups is 1. The van der Waals surface area contributed by atoms with Gasteiger partial charge in [-0.05, 0) is 25.8 Å². The second-order valence-corrected chi connectivity index (χ2v) is 5.86. The number of alkyl halides is 3. The molecule has 1 fully saturated rings. The summed E-state index contributed by atoms with van der Waals surface area (Å²) in [5.74, 6) is -0.122. The van der Waals surface area contributed by atoms with Crippen LogP contribution in [-0.2, 0) is 31.0 Å². The van der Waals surface area contributed by atoms with Crippen molar-refractivity contribution in [3.63, 3.8) is 0 Å². The van der Waals surface area contributed by atoms with E-state index in [0.29, 0.717) is 36.6 Å². The molecule has 5 nitrogen and oxygen atoms in total. The number of piperidine rings is 1. The van der Waals surface area contributed by atoms with Crippen LogP contribution in [0.15, 0.2) is 6.07 Å². The molecule has 1 saturated heterocycles. The van der Waals surface area contributed by atoms with Gasteiger partial charge in [0.1, 0.15) is 6.54 Å².